The fourth-order valence-corrected chi connectivity index (χ4v) is 2.43. The molecule has 5 nitrogen and oxygen atoms in total. The normalized spacial score (nSPS) is 28.4. The summed E-state index contributed by atoms with van der Waals surface area (Å²) in [7, 11) is 1.67. The molecule has 2 amide bonds. The van der Waals surface area contributed by atoms with Gasteiger partial charge in [-0.2, -0.15) is 0 Å². The molecule has 0 bridgehead atoms. The minimum atomic E-state index is -0.338. The summed E-state index contributed by atoms with van der Waals surface area (Å²) in [5.41, 5.74) is 0. The molecule has 0 spiro atoms. The molecule has 5 heteroatoms. The highest BCUT2D eigenvalue weighted by Gasteiger charge is 2.45. The molecule has 2 atom stereocenters. The van der Waals surface area contributed by atoms with Crippen molar-refractivity contribution in [1.82, 2.24) is 10.2 Å². The Bertz CT molecular complexity index is 328. The Morgan fingerprint density at radius 1 is 1.33 bits per heavy atom. The molecule has 1 N–H and O–H groups in total. The van der Waals surface area contributed by atoms with Crippen molar-refractivity contribution in [2.75, 3.05) is 20.3 Å². The summed E-state index contributed by atoms with van der Waals surface area (Å²) in [6.07, 6.45) is 3.92. The summed E-state index contributed by atoms with van der Waals surface area (Å²) < 4.78 is 4.99. The average Bonchev–Trinajstić information content (AvgIpc) is 3.17. The van der Waals surface area contributed by atoms with Gasteiger partial charge in [-0.25, -0.2) is 0 Å². The van der Waals surface area contributed by atoms with Gasteiger partial charge in [0.2, 0.25) is 11.8 Å². The quantitative estimate of drug-likeness (QED) is 0.704. The van der Waals surface area contributed by atoms with Gasteiger partial charge in [0.25, 0.3) is 0 Å². The Labute approximate surface area is 108 Å². The van der Waals surface area contributed by atoms with E-state index in [1.165, 1.54) is 0 Å². The lowest BCUT2D eigenvalue weighted by atomic mass is 10.0. The van der Waals surface area contributed by atoms with Crippen LogP contribution >= 0.6 is 0 Å². The number of methoxy groups -OCH3 is 1. The lowest BCUT2D eigenvalue weighted by Crippen LogP contribution is -2.63. The highest BCUT2D eigenvalue weighted by molar-refractivity contribution is 5.97. The van der Waals surface area contributed by atoms with Crippen molar-refractivity contribution < 1.29 is 14.3 Å². The third-order valence-corrected chi connectivity index (χ3v) is 3.78. The number of hydrogen-bond donors (Lipinski definition) is 1. The van der Waals surface area contributed by atoms with Crippen molar-refractivity contribution in [3.63, 3.8) is 0 Å². The first-order valence-corrected chi connectivity index (χ1v) is 6.75. The van der Waals surface area contributed by atoms with E-state index in [1.54, 1.807) is 18.9 Å². The Morgan fingerprint density at radius 3 is 2.67 bits per heavy atom. The van der Waals surface area contributed by atoms with Gasteiger partial charge in [-0.3, -0.25) is 9.59 Å². The van der Waals surface area contributed by atoms with Gasteiger partial charge >= 0.3 is 0 Å². The minimum absolute atomic E-state index is 0.0155. The van der Waals surface area contributed by atoms with Crippen molar-refractivity contribution in [2.45, 2.75) is 44.7 Å². The molecule has 102 valence electrons. The van der Waals surface area contributed by atoms with Crippen molar-refractivity contribution >= 4 is 11.8 Å². The molecule has 1 aliphatic carbocycles. The van der Waals surface area contributed by atoms with Gasteiger partial charge in [-0.1, -0.05) is 0 Å². The molecule has 0 aromatic carbocycles. The largest absolute Gasteiger partial charge is 0.385 e. The van der Waals surface area contributed by atoms with Gasteiger partial charge in [0.1, 0.15) is 12.1 Å². The predicted molar refractivity (Wildman–Crippen MR) is 66.9 cm³/mol. The Balaban J connectivity index is 1.91. The van der Waals surface area contributed by atoms with Crippen LogP contribution in [0.2, 0.25) is 0 Å². The fraction of sp³-hybridized carbons (Fsp3) is 0.846. The fourth-order valence-electron chi connectivity index (χ4n) is 2.43. The van der Waals surface area contributed by atoms with E-state index >= 15 is 0 Å². The zero-order chi connectivity index (χ0) is 13.1. The second-order valence-electron chi connectivity index (χ2n) is 5.23. The first-order chi connectivity index (χ1) is 8.65. The van der Waals surface area contributed by atoms with Crippen LogP contribution in [-0.2, 0) is 14.3 Å². The number of carbonyl (C=O) groups excluding carboxylic acids is 2. The zero-order valence-corrected chi connectivity index (χ0v) is 11.1. The van der Waals surface area contributed by atoms with E-state index in [2.05, 4.69) is 5.32 Å². The SMILES string of the molecule is COCCCCN1C(=O)C(C2CC2)NC(=O)C1C. The number of unbranched alkanes of at least 4 members (excludes halogenated alkanes) is 1. The van der Waals surface area contributed by atoms with Crippen molar-refractivity contribution in [3.8, 4) is 0 Å². The molecule has 0 radical (unpaired) electrons. The van der Waals surface area contributed by atoms with Crippen molar-refractivity contribution in [1.29, 1.82) is 0 Å². The Morgan fingerprint density at radius 2 is 2.06 bits per heavy atom. The van der Waals surface area contributed by atoms with Gasteiger partial charge in [-0.05, 0) is 38.5 Å². The summed E-state index contributed by atoms with van der Waals surface area (Å²) in [4.78, 5) is 25.9. The molecule has 1 saturated carbocycles. The number of amides is 2. The van der Waals surface area contributed by atoms with E-state index in [9.17, 15) is 9.59 Å². The van der Waals surface area contributed by atoms with E-state index < -0.39 is 0 Å². The van der Waals surface area contributed by atoms with Crippen LogP contribution in [0.1, 0.15) is 32.6 Å². The summed E-state index contributed by atoms with van der Waals surface area (Å²) >= 11 is 0. The second kappa shape index (κ2) is 5.69. The van der Waals surface area contributed by atoms with Crippen LogP contribution in [-0.4, -0.2) is 49.1 Å². The molecule has 1 saturated heterocycles. The predicted octanol–water partition coefficient (Wildman–Crippen LogP) is 0.539. The van der Waals surface area contributed by atoms with Gasteiger partial charge in [0.05, 0.1) is 0 Å². The third-order valence-electron chi connectivity index (χ3n) is 3.78. The topological polar surface area (TPSA) is 58.6 Å². The lowest BCUT2D eigenvalue weighted by Gasteiger charge is -2.37. The van der Waals surface area contributed by atoms with Gasteiger partial charge in [0.15, 0.2) is 0 Å². The van der Waals surface area contributed by atoms with Crippen LogP contribution < -0.4 is 5.32 Å². The van der Waals surface area contributed by atoms with Gasteiger partial charge < -0.3 is 15.0 Å². The van der Waals surface area contributed by atoms with Crippen LogP contribution in [0.25, 0.3) is 0 Å². The molecule has 0 aromatic rings. The monoisotopic (exact) mass is 254 g/mol. The van der Waals surface area contributed by atoms with E-state index in [-0.39, 0.29) is 23.9 Å². The number of nitrogens with one attached hydrogen (secondary N) is 1. The third kappa shape index (κ3) is 2.83. The molecule has 2 rings (SSSR count). The number of carbonyl (C=O) groups is 2. The van der Waals surface area contributed by atoms with Crippen molar-refractivity contribution in [2.24, 2.45) is 5.92 Å². The first-order valence-electron chi connectivity index (χ1n) is 6.75. The number of ether oxygens (including phenoxy) is 1. The summed E-state index contributed by atoms with van der Waals surface area (Å²) in [5, 5.41) is 2.85. The maximum atomic E-state index is 12.3. The van der Waals surface area contributed by atoms with Crippen LogP contribution in [0.4, 0.5) is 0 Å². The van der Waals surface area contributed by atoms with E-state index in [0.29, 0.717) is 19.1 Å². The first kappa shape index (κ1) is 13.3. The van der Waals surface area contributed by atoms with Crippen LogP contribution in [0.15, 0.2) is 0 Å². The van der Waals surface area contributed by atoms with Gasteiger partial charge in [0, 0.05) is 20.3 Å². The van der Waals surface area contributed by atoms with E-state index in [1.807, 2.05) is 0 Å². The second-order valence-corrected chi connectivity index (χ2v) is 5.23. The van der Waals surface area contributed by atoms with Crippen LogP contribution in [0.3, 0.4) is 0 Å². The molecule has 0 aromatic heterocycles. The number of piperazine rings is 1. The average molecular weight is 254 g/mol. The maximum Gasteiger partial charge on any atom is 0.246 e. The van der Waals surface area contributed by atoms with Crippen LogP contribution in [0.5, 0.6) is 0 Å². The molecule has 18 heavy (non-hydrogen) atoms. The molecule has 2 fully saturated rings. The summed E-state index contributed by atoms with van der Waals surface area (Å²) in [6.45, 7) is 3.15. The van der Waals surface area contributed by atoms with Crippen LogP contribution in [0, 0.1) is 5.92 Å². The smallest absolute Gasteiger partial charge is 0.246 e. The lowest BCUT2D eigenvalue weighted by molar-refractivity contribution is -0.149. The maximum absolute atomic E-state index is 12.3. The highest BCUT2D eigenvalue weighted by Crippen LogP contribution is 2.35. The highest BCUT2D eigenvalue weighted by atomic mass is 16.5. The molecule has 2 unspecified atom stereocenters. The molecular weight excluding hydrogens is 232 g/mol. The van der Waals surface area contributed by atoms with E-state index in [4.69, 9.17) is 4.74 Å². The Hall–Kier alpha value is -1.10. The molecule has 2 aliphatic rings. The van der Waals surface area contributed by atoms with Gasteiger partial charge in [-0.15, -0.1) is 0 Å². The minimum Gasteiger partial charge on any atom is -0.385 e. The standard InChI is InChI=1S/C13H22N2O3/c1-9-12(16)14-11(10-5-6-10)13(17)15(9)7-3-4-8-18-2/h9-11H,3-8H2,1-2H3,(H,14,16). The van der Waals surface area contributed by atoms with Crippen molar-refractivity contribution in [3.05, 3.63) is 0 Å². The zero-order valence-electron chi connectivity index (χ0n) is 11.1. The summed E-state index contributed by atoms with van der Waals surface area (Å²) in [5.74, 6) is 0.454. The number of nitrogens with zero attached hydrogens (tertiary/aromatic N) is 1. The molecule has 1 aliphatic heterocycles. The number of hydrogen-bond acceptors (Lipinski definition) is 3. The molecule has 1 heterocycles. The molecular formula is C13H22N2O3. The van der Waals surface area contributed by atoms with E-state index in [0.717, 1.165) is 25.7 Å². The summed E-state index contributed by atoms with van der Waals surface area (Å²) in [6, 6.07) is -0.605. The number of rotatable bonds is 6. The Kier molecular flexibility index (Phi) is 4.22.